The van der Waals surface area contributed by atoms with Crippen molar-refractivity contribution in [3.05, 3.63) is 21.9 Å². The minimum absolute atomic E-state index is 0.506. The van der Waals surface area contributed by atoms with Gasteiger partial charge in [0, 0.05) is 15.7 Å². The van der Waals surface area contributed by atoms with E-state index in [9.17, 15) is 0 Å². The van der Waals surface area contributed by atoms with E-state index in [0.29, 0.717) is 23.0 Å². The molecule has 3 heterocycles. The van der Waals surface area contributed by atoms with Crippen LogP contribution in [-0.2, 0) is 4.74 Å². The Morgan fingerprint density at radius 1 is 1.47 bits per heavy atom. The molecule has 3 rings (SSSR count). The second-order valence-corrected chi connectivity index (χ2v) is 6.93. The van der Waals surface area contributed by atoms with Crippen molar-refractivity contribution >= 4 is 27.3 Å². The van der Waals surface area contributed by atoms with Gasteiger partial charge in [0.15, 0.2) is 0 Å². The van der Waals surface area contributed by atoms with Crippen molar-refractivity contribution in [2.24, 2.45) is 5.92 Å². The summed E-state index contributed by atoms with van der Waals surface area (Å²) in [6, 6.07) is 4.47. The maximum atomic E-state index is 5.91. The van der Waals surface area contributed by atoms with Crippen molar-refractivity contribution in [3.8, 4) is 0 Å². The molecule has 0 spiro atoms. The third-order valence-electron chi connectivity index (χ3n) is 3.56. The minimum atomic E-state index is 0.506. The molecule has 4 unspecified atom stereocenters. The molecule has 2 saturated heterocycles. The highest BCUT2D eigenvalue weighted by Gasteiger charge is 2.44. The molecule has 0 N–H and O–H groups in total. The summed E-state index contributed by atoms with van der Waals surface area (Å²) in [6.07, 6.45) is 4.87. The van der Waals surface area contributed by atoms with Gasteiger partial charge in [-0.2, -0.15) is 0 Å². The van der Waals surface area contributed by atoms with E-state index in [-0.39, 0.29) is 0 Å². The van der Waals surface area contributed by atoms with Crippen LogP contribution in [0.2, 0.25) is 0 Å². The average molecular weight is 287 g/mol. The molecule has 2 fully saturated rings. The number of fused-ring (bicyclic) bond motifs is 2. The molecule has 82 valence electrons. The first-order valence-electron chi connectivity index (χ1n) is 5.60. The maximum absolute atomic E-state index is 5.91. The summed E-state index contributed by atoms with van der Waals surface area (Å²) in [7, 11) is 0. The molecule has 0 saturated carbocycles. The Kier molecular flexibility index (Phi) is 2.65. The summed E-state index contributed by atoms with van der Waals surface area (Å²) in [5.41, 5.74) is 0. The molecule has 1 aromatic heterocycles. The number of hydrogen-bond donors (Lipinski definition) is 0. The number of alkyl halides is 1. The van der Waals surface area contributed by atoms with Gasteiger partial charge in [-0.15, -0.1) is 11.3 Å². The quantitative estimate of drug-likeness (QED) is 0.745. The van der Waals surface area contributed by atoms with Crippen LogP contribution in [0.4, 0.5) is 0 Å². The summed E-state index contributed by atoms with van der Waals surface area (Å²) in [5.74, 6) is 0.696. The Morgan fingerprint density at radius 2 is 2.33 bits per heavy atom. The van der Waals surface area contributed by atoms with Crippen molar-refractivity contribution in [3.63, 3.8) is 0 Å². The number of ether oxygens (including phenoxy) is 1. The number of halogens is 1. The van der Waals surface area contributed by atoms with Gasteiger partial charge in [0.1, 0.15) is 0 Å². The third-order valence-corrected chi connectivity index (χ3v) is 6.12. The first-order chi connectivity index (χ1) is 7.24. The predicted octanol–water partition coefficient (Wildman–Crippen LogP) is 4.06. The monoisotopic (exact) mass is 286 g/mol. The van der Waals surface area contributed by atoms with Crippen molar-refractivity contribution in [1.29, 1.82) is 0 Å². The summed E-state index contributed by atoms with van der Waals surface area (Å²) in [4.78, 5) is 3.37. The molecular weight excluding hydrogens is 272 g/mol. The molecular formula is C12H15BrOS. The SMILES string of the molecule is Cc1ccc(C(Br)C2CC3CCC2O3)s1. The fourth-order valence-corrected chi connectivity index (χ4v) is 4.72. The van der Waals surface area contributed by atoms with E-state index in [4.69, 9.17) is 4.74 Å². The van der Waals surface area contributed by atoms with Crippen molar-refractivity contribution in [2.75, 3.05) is 0 Å². The second kappa shape index (κ2) is 3.86. The zero-order valence-corrected chi connectivity index (χ0v) is 11.2. The van der Waals surface area contributed by atoms with Crippen LogP contribution in [0.1, 0.15) is 33.8 Å². The molecule has 3 heteroatoms. The first kappa shape index (κ1) is 10.3. The highest BCUT2D eigenvalue weighted by molar-refractivity contribution is 9.09. The van der Waals surface area contributed by atoms with Gasteiger partial charge in [-0.1, -0.05) is 15.9 Å². The summed E-state index contributed by atoms with van der Waals surface area (Å²) < 4.78 is 5.91. The summed E-state index contributed by atoms with van der Waals surface area (Å²) in [6.45, 7) is 2.17. The first-order valence-corrected chi connectivity index (χ1v) is 7.33. The number of thiophene rings is 1. The van der Waals surface area contributed by atoms with Crippen LogP contribution in [0.3, 0.4) is 0 Å². The van der Waals surface area contributed by atoms with Crippen LogP contribution in [0, 0.1) is 12.8 Å². The topological polar surface area (TPSA) is 9.23 Å². The minimum Gasteiger partial charge on any atom is -0.375 e. The third kappa shape index (κ3) is 1.79. The lowest BCUT2D eigenvalue weighted by molar-refractivity contribution is 0.0925. The van der Waals surface area contributed by atoms with Crippen LogP contribution in [0.5, 0.6) is 0 Å². The van der Waals surface area contributed by atoms with Gasteiger partial charge in [-0.05, 0) is 38.3 Å². The maximum Gasteiger partial charge on any atom is 0.0623 e. The van der Waals surface area contributed by atoms with Crippen LogP contribution < -0.4 is 0 Å². The molecule has 2 aliphatic heterocycles. The van der Waals surface area contributed by atoms with E-state index in [1.54, 1.807) is 0 Å². The van der Waals surface area contributed by atoms with E-state index in [0.717, 1.165) is 0 Å². The lowest BCUT2D eigenvalue weighted by Crippen LogP contribution is -2.20. The standard InChI is InChI=1S/C12H15BrOS/c1-7-2-5-11(15-7)12(13)9-6-8-3-4-10(9)14-8/h2,5,8-10,12H,3-4,6H2,1H3. The summed E-state index contributed by atoms with van der Waals surface area (Å²) in [5, 5.41) is 0. The molecule has 1 nitrogen and oxygen atoms in total. The lowest BCUT2D eigenvalue weighted by Gasteiger charge is -2.23. The molecule has 2 aliphatic rings. The Morgan fingerprint density at radius 3 is 2.87 bits per heavy atom. The Labute approximate surface area is 103 Å². The van der Waals surface area contributed by atoms with E-state index < -0.39 is 0 Å². The Bertz CT molecular complexity index is 362. The van der Waals surface area contributed by atoms with Crippen molar-refractivity contribution in [1.82, 2.24) is 0 Å². The van der Waals surface area contributed by atoms with Crippen LogP contribution in [-0.4, -0.2) is 12.2 Å². The molecule has 1 aromatic rings. The summed E-state index contributed by atoms with van der Waals surface area (Å²) >= 11 is 5.77. The molecule has 0 aliphatic carbocycles. The van der Waals surface area contributed by atoms with Gasteiger partial charge in [0.2, 0.25) is 0 Å². The number of aryl methyl sites for hydroxylation is 1. The largest absolute Gasteiger partial charge is 0.375 e. The normalized spacial score (nSPS) is 36.0. The molecule has 2 bridgehead atoms. The molecule has 0 amide bonds. The van der Waals surface area contributed by atoms with E-state index in [1.807, 2.05) is 11.3 Å². The molecule has 4 atom stereocenters. The van der Waals surface area contributed by atoms with Gasteiger partial charge in [0.25, 0.3) is 0 Å². The number of rotatable bonds is 2. The molecule has 15 heavy (non-hydrogen) atoms. The van der Waals surface area contributed by atoms with Gasteiger partial charge in [0.05, 0.1) is 17.0 Å². The predicted molar refractivity (Wildman–Crippen MR) is 66.7 cm³/mol. The fourth-order valence-electron chi connectivity index (χ4n) is 2.80. The molecule has 0 aromatic carbocycles. The lowest BCUT2D eigenvalue weighted by atomic mass is 9.86. The van der Waals surface area contributed by atoms with Gasteiger partial charge >= 0.3 is 0 Å². The smallest absolute Gasteiger partial charge is 0.0623 e. The van der Waals surface area contributed by atoms with Crippen LogP contribution in [0.25, 0.3) is 0 Å². The Hall–Kier alpha value is 0.140. The van der Waals surface area contributed by atoms with E-state index in [1.165, 1.54) is 29.0 Å². The van der Waals surface area contributed by atoms with Crippen LogP contribution >= 0.6 is 27.3 Å². The highest BCUT2D eigenvalue weighted by Crippen LogP contribution is 2.49. The fraction of sp³-hybridized carbons (Fsp3) is 0.667. The molecule has 0 radical (unpaired) electrons. The average Bonchev–Trinajstić information content (AvgIpc) is 2.90. The van der Waals surface area contributed by atoms with Crippen molar-refractivity contribution in [2.45, 2.75) is 43.2 Å². The second-order valence-electron chi connectivity index (χ2n) is 4.62. The van der Waals surface area contributed by atoms with Gasteiger partial charge < -0.3 is 4.74 Å². The van der Waals surface area contributed by atoms with E-state index in [2.05, 4.69) is 35.0 Å². The highest BCUT2D eigenvalue weighted by atomic mass is 79.9. The van der Waals surface area contributed by atoms with Gasteiger partial charge in [-0.25, -0.2) is 0 Å². The zero-order chi connectivity index (χ0) is 10.4. The van der Waals surface area contributed by atoms with Crippen LogP contribution in [0.15, 0.2) is 12.1 Å². The Balaban J connectivity index is 1.77. The van der Waals surface area contributed by atoms with Gasteiger partial charge in [-0.3, -0.25) is 0 Å². The zero-order valence-electron chi connectivity index (χ0n) is 8.78. The number of hydrogen-bond acceptors (Lipinski definition) is 2. The van der Waals surface area contributed by atoms with E-state index >= 15 is 0 Å². The van der Waals surface area contributed by atoms with Crippen molar-refractivity contribution < 1.29 is 4.74 Å².